The van der Waals surface area contributed by atoms with Crippen LogP contribution in [0.5, 0.6) is 11.6 Å². The van der Waals surface area contributed by atoms with E-state index in [2.05, 4.69) is 5.10 Å². The summed E-state index contributed by atoms with van der Waals surface area (Å²) in [6.45, 7) is 0.0473. The van der Waals surface area contributed by atoms with Gasteiger partial charge in [-0.3, -0.25) is 4.68 Å². The number of ether oxygens (including phenoxy) is 1. The molecule has 0 fully saturated rings. The Kier molecular flexibility index (Phi) is 3.65. The molecule has 0 atom stereocenters. The fourth-order valence-electron chi connectivity index (χ4n) is 2.25. The Balaban J connectivity index is 2.01. The van der Waals surface area contributed by atoms with Gasteiger partial charge in [0.25, 0.3) is 0 Å². The van der Waals surface area contributed by atoms with Crippen molar-refractivity contribution in [1.29, 1.82) is 0 Å². The highest BCUT2D eigenvalue weighted by Gasteiger charge is 2.14. The van der Waals surface area contributed by atoms with Crippen LogP contribution in [0, 0.1) is 0 Å². The molecule has 0 saturated heterocycles. The molecular formula is C16H14N2O4. The van der Waals surface area contributed by atoms with Crippen molar-refractivity contribution in [3.8, 4) is 11.6 Å². The van der Waals surface area contributed by atoms with Gasteiger partial charge >= 0.3 is 5.97 Å². The maximum absolute atomic E-state index is 10.7. The SMILES string of the molecule is O=C(O)COc1nn(Cc2ccccc2)c2ccc(O)cc12. The van der Waals surface area contributed by atoms with Crippen LogP contribution in [-0.4, -0.2) is 32.6 Å². The highest BCUT2D eigenvalue weighted by atomic mass is 16.5. The fourth-order valence-corrected chi connectivity index (χ4v) is 2.25. The number of benzene rings is 2. The second kappa shape index (κ2) is 5.77. The lowest BCUT2D eigenvalue weighted by Gasteiger charge is -2.03. The van der Waals surface area contributed by atoms with E-state index >= 15 is 0 Å². The predicted octanol–water partition coefficient (Wildman–Crippen LogP) is 2.25. The van der Waals surface area contributed by atoms with Gasteiger partial charge in [0, 0.05) is 0 Å². The molecule has 1 aromatic heterocycles. The quantitative estimate of drug-likeness (QED) is 0.754. The zero-order valence-corrected chi connectivity index (χ0v) is 11.6. The second-order valence-electron chi connectivity index (χ2n) is 4.83. The molecule has 0 saturated carbocycles. The number of rotatable bonds is 5. The van der Waals surface area contributed by atoms with Crippen LogP contribution in [0.3, 0.4) is 0 Å². The van der Waals surface area contributed by atoms with Gasteiger partial charge in [-0.05, 0) is 23.8 Å². The van der Waals surface area contributed by atoms with Crippen LogP contribution in [0.25, 0.3) is 10.9 Å². The number of phenolic OH excluding ortho intramolecular Hbond substituents is 1. The van der Waals surface area contributed by atoms with Crippen molar-refractivity contribution in [2.75, 3.05) is 6.61 Å². The molecule has 0 bridgehead atoms. The topological polar surface area (TPSA) is 84.6 Å². The van der Waals surface area contributed by atoms with Gasteiger partial charge in [0.15, 0.2) is 6.61 Å². The molecule has 112 valence electrons. The lowest BCUT2D eigenvalue weighted by atomic mass is 10.2. The fraction of sp³-hybridized carbons (Fsp3) is 0.125. The van der Waals surface area contributed by atoms with Crippen molar-refractivity contribution in [3.05, 3.63) is 54.1 Å². The minimum atomic E-state index is -1.08. The Labute approximate surface area is 126 Å². The van der Waals surface area contributed by atoms with Gasteiger partial charge in [-0.25, -0.2) is 4.79 Å². The number of phenols is 1. The normalized spacial score (nSPS) is 10.7. The first-order valence-electron chi connectivity index (χ1n) is 6.71. The number of hydrogen-bond acceptors (Lipinski definition) is 4. The van der Waals surface area contributed by atoms with E-state index in [1.165, 1.54) is 6.07 Å². The molecule has 0 spiro atoms. The van der Waals surface area contributed by atoms with Crippen LogP contribution >= 0.6 is 0 Å². The Bertz CT molecular complexity index is 812. The van der Waals surface area contributed by atoms with Crippen LogP contribution < -0.4 is 4.74 Å². The summed E-state index contributed by atoms with van der Waals surface area (Å²) in [5, 5.41) is 23.3. The molecule has 0 amide bonds. The van der Waals surface area contributed by atoms with E-state index in [-0.39, 0.29) is 11.6 Å². The van der Waals surface area contributed by atoms with Crippen LogP contribution in [-0.2, 0) is 11.3 Å². The summed E-state index contributed by atoms with van der Waals surface area (Å²) >= 11 is 0. The summed E-state index contributed by atoms with van der Waals surface area (Å²) in [4.78, 5) is 10.7. The zero-order chi connectivity index (χ0) is 15.5. The van der Waals surface area contributed by atoms with Gasteiger partial charge < -0.3 is 14.9 Å². The monoisotopic (exact) mass is 298 g/mol. The largest absolute Gasteiger partial charge is 0.508 e. The molecule has 6 nitrogen and oxygen atoms in total. The summed E-state index contributed by atoms with van der Waals surface area (Å²) in [5.74, 6) is -0.804. The standard InChI is InChI=1S/C16H14N2O4/c19-12-6-7-14-13(8-12)16(22-10-15(20)21)17-18(14)9-11-4-2-1-3-5-11/h1-8,19H,9-10H2,(H,20,21). The molecule has 0 aliphatic rings. The van der Waals surface area contributed by atoms with Gasteiger partial charge in [-0.2, -0.15) is 0 Å². The molecular weight excluding hydrogens is 284 g/mol. The number of nitrogens with zero attached hydrogens (tertiary/aromatic N) is 2. The first-order chi connectivity index (χ1) is 10.6. The Morgan fingerprint density at radius 3 is 2.68 bits per heavy atom. The van der Waals surface area contributed by atoms with E-state index in [4.69, 9.17) is 9.84 Å². The van der Waals surface area contributed by atoms with Crippen molar-refractivity contribution in [2.45, 2.75) is 6.54 Å². The molecule has 0 radical (unpaired) electrons. The molecule has 1 heterocycles. The summed E-state index contributed by atoms with van der Waals surface area (Å²) in [5.41, 5.74) is 1.83. The van der Waals surface area contributed by atoms with Gasteiger partial charge in [-0.1, -0.05) is 30.3 Å². The van der Waals surface area contributed by atoms with E-state index in [0.29, 0.717) is 11.9 Å². The third kappa shape index (κ3) is 2.85. The first kappa shape index (κ1) is 13.9. The second-order valence-corrected chi connectivity index (χ2v) is 4.83. The van der Waals surface area contributed by atoms with E-state index in [0.717, 1.165) is 11.1 Å². The van der Waals surface area contributed by atoms with Crippen molar-refractivity contribution in [3.63, 3.8) is 0 Å². The molecule has 0 aliphatic carbocycles. The third-order valence-electron chi connectivity index (χ3n) is 3.21. The minimum absolute atomic E-state index is 0.0759. The van der Waals surface area contributed by atoms with Crippen molar-refractivity contribution in [1.82, 2.24) is 9.78 Å². The van der Waals surface area contributed by atoms with Gasteiger partial charge in [0.1, 0.15) is 5.75 Å². The number of aromatic nitrogens is 2. The Morgan fingerprint density at radius 2 is 1.95 bits per heavy atom. The summed E-state index contributed by atoms with van der Waals surface area (Å²) in [7, 11) is 0. The van der Waals surface area contributed by atoms with Crippen LogP contribution in [0.2, 0.25) is 0 Å². The maximum atomic E-state index is 10.7. The number of carboxylic acid groups (broad SMARTS) is 1. The van der Waals surface area contributed by atoms with E-state index in [9.17, 15) is 9.90 Å². The molecule has 0 aliphatic heterocycles. The molecule has 2 N–H and O–H groups in total. The first-order valence-corrected chi connectivity index (χ1v) is 6.71. The molecule has 2 aromatic carbocycles. The Morgan fingerprint density at radius 1 is 1.18 bits per heavy atom. The molecule has 22 heavy (non-hydrogen) atoms. The average Bonchev–Trinajstić information content (AvgIpc) is 2.83. The average molecular weight is 298 g/mol. The summed E-state index contributed by atoms with van der Waals surface area (Å²) in [6, 6.07) is 14.6. The van der Waals surface area contributed by atoms with Gasteiger partial charge in [0.2, 0.25) is 5.88 Å². The van der Waals surface area contributed by atoms with Gasteiger partial charge in [0.05, 0.1) is 17.4 Å². The van der Waals surface area contributed by atoms with E-state index in [1.54, 1.807) is 16.8 Å². The number of fused-ring (bicyclic) bond motifs is 1. The van der Waals surface area contributed by atoms with Crippen LogP contribution in [0.1, 0.15) is 5.56 Å². The number of carboxylic acids is 1. The highest BCUT2D eigenvalue weighted by molar-refractivity contribution is 5.86. The van der Waals surface area contributed by atoms with Crippen molar-refractivity contribution >= 4 is 16.9 Å². The summed E-state index contributed by atoms with van der Waals surface area (Å²) in [6.07, 6.45) is 0. The number of carbonyl (C=O) groups is 1. The lowest BCUT2D eigenvalue weighted by Crippen LogP contribution is -2.10. The van der Waals surface area contributed by atoms with Crippen molar-refractivity contribution < 1.29 is 19.7 Å². The van der Waals surface area contributed by atoms with Crippen LogP contribution in [0.4, 0.5) is 0 Å². The minimum Gasteiger partial charge on any atom is -0.508 e. The molecule has 3 rings (SSSR count). The molecule has 0 unspecified atom stereocenters. The lowest BCUT2D eigenvalue weighted by molar-refractivity contribution is -0.139. The Hall–Kier alpha value is -3.02. The van der Waals surface area contributed by atoms with Gasteiger partial charge in [-0.15, -0.1) is 5.10 Å². The van der Waals surface area contributed by atoms with E-state index in [1.807, 2.05) is 30.3 Å². The summed E-state index contributed by atoms with van der Waals surface area (Å²) < 4.78 is 6.93. The van der Waals surface area contributed by atoms with E-state index < -0.39 is 12.6 Å². The third-order valence-corrected chi connectivity index (χ3v) is 3.21. The number of hydrogen-bond donors (Lipinski definition) is 2. The van der Waals surface area contributed by atoms with Crippen LogP contribution in [0.15, 0.2) is 48.5 Å². The number of aromatic hydroxyl groups is 1. The number of aliphatic carboxylic acids is 1. The smallest absolute Gasteiger partial charge is 0.341 e. The zero-order valence-electron chi connectivity index (χ0n) is 11.6. The van der Waals surface area contributed by atoms with Crippen molar-refractivity contribution in [2.24, 2.45) is 0 Å². The maximum Gasteiger partial charge on any atom is 0.341 e. The highest BCUT2D eigenvalue weighted by Crippen LogP contribution is 2.28. The predicted molar refractivity (Wildman–Crippen MR) is 80.1 cm³/mol. The molecule has 6 heteroatoms. The molecule has 3 aromatic rings.